The molecule has 1 heterocycles. The molecular formula is C40H38N3O7+. The fourth-order valence-electron chi connectivity index (χ4n) is 6.05. The summed E-state index contributed by atoms with van der Waals surface area (Å²) < 4.78 is 7.70. The van der Waals surface area contributed by atoms with E-state index in [2.05, 4.69) is 28.8 Å². The zero-order valence-corrected chi connectivity index (χ0v) is 27.8. The minimum absolute atomic E-state index is 0.0223. The van der Waals surface area contributed by atoms with Gasteiger partial charge in [0.1, 0.15) is 12.4 Å². The van der Waals surface area contributed by atoms with Crippen LogP contribution in [0.1, 0.15) is 36.5 Å². The lowest BCUT2D eigenvalue weighted by Gasteiger charge is -2.25. The molecule has 0 aromatic heterocycles. The number of imide groups is 1. The zero-order valence-electron chi connectivity index (χ0n) is 27.8. The highest BCUT2D eigenvalue weighted by Crippen LogP contribution is 2.39. The van der Waals surface area contributed by atoms with Crippen molar-refractivity contribution in [3.05, 3.63) is 143 Å². The maximum atomic E-state index is 13.4. The van der Waals surface area contributed by atoms with Gasteiger partial charge >= 0.3 is 5.97 Å². The van der Waals surface area contributed by atoms with Crippen LogP contribution in [0.3, 0.4) is 0 Å². The predicted octanol–water partition coefficient (Wildman–Crippen LogP) is 5.27. The van der Waals surface area contributed by atoms with E-state index in [0.29, 0.717) is 34.9 Å². The normalized spacial score (nSPS) is 15.6. The molecule has 0 unspecified atom stereocenters. The van der Waals surface area contributed by atoms with Crippen molar-refractivity contribution in [3.8, 4) is 0 Å². The van der Waals surface area contributed by atoms with Gasteiger partial charge in [-0.2, -0.15) is 0 Å². The van der Waals surface area contributed by atoms with Gasteiger partial charge in [0.2, 0.25) is 11.5 Å². The number of hydroxylamine groups is 2. The lowest BCUT2D eigenvalue weighted by atomic mass is 9.80. The molecule has 2 aliphatic carbocycles. The Labute approximate surface area is 290 Å². The summed E-state index contributed by atoms with van der Waals surface area (Å²) in [6.45, 7) is 4.33. The number of benzene rings is 3. The van der Waals surface area contributed by atoms with E-state index in [9.17, 15) is 24.3 Å². The summed E-state index contributed by atoms with van der Waals surface area (Å²) in [6, 6.07) is 27.9. The van der Waals surface area contributed by atoms with E-state index in [4.69, 9.17) is 9.57 Å². The number of likely N-dealkylation sites (N-methyl/N-ethyl adjacent to an activating group) is 1. The van der Waals surface area contributed by atoms with Gasteiger partial charge in [0.15, 0.2) is 13.1 Å². The summed E-state index contributed by atoms with van der Waals surface area (Å²) in [5, 5.41) is 11.5. The highest BCUT2D eigenvalue weighted by molar-refractivity contribution is 6.39. The molecule has 3 aliphatic rings. The molecule has 0 saturated carbocycles. The number of anilines is 1. The average molecular weight is 673 g/mol. The number of nitrogens with zero attached hydrogens (tertiary/aromatic N) is 3. The van der Waals surface area contributed by atoms with Crippen molar-refractivity contribution in [1.82, 2.24) is 5.06 Å². The number of hydrogen-bond acceptors (Lipinski definition) is 8. The van der Waals surface area contributed by atoms with Crippen LogP contribution in [0, 0.1) is 0 Å². The minimum Gasteiger partial charge on any atom is -0.506 e. The van der Waals surface area contributed by atoms with Crippen LogP contribution in [0.25, 0.3) is 5.57 Å². The molecule has 2 amide bonds. The Balaban J connectivity index is 1.09. The Morgan fingerprint density at radius 1 is 0.800 bits per heavy atom. The SMILES string of the molecule is CCN(CCOCC(=O)ON1C(=O)CCC1=O)c1ccc(C2=C(O)C(=C3C=CC(=[N+](Cc4ccccc4)Cc4ccccc4)C=C3)C2=O)cc1. The summed E-state index contributed by atoms with van der Waals surface area (Å²) in [5.41, 5.74) is 6.13. The quantitative estimate of drug-likeness (QED) is 0.113. The van der Waals surface area contributed by atoms with Gasteiger partial charge in [-0.05, 0) is 42.3 Å². The lowest BCUT2D eigenvalue weighted by molar-refractivity contribution is -0.558. The standard InChI is InChI=1S/C40H37N3O7/c1-2-41(23-24-49-27-36(46)50-43-34(44)21-22-35(43)45)32-17-13-30(14-18-32)37-39(47)38(40(37)48)31-15-19-33(20-16-31)42(25-28-9-5-3-6-10-28)26-29-11-7-4-8-12-29/h3-20H,2,21-27H2,1H3/p+1. The van der Waals surface area contributed by atoms with Gasteiger partial charge in [-0.1, -0.05) is 72.8 Å². The number of ether oxygens (including phenoxy) is 1. The topological polar surface area (TPSA) is 116 Å². The zero-order chi connectivity index (χ0) is 35.0. The van der Waals surface area contributed by atoms with Gasteiger partial charge in [-0.25, -0.2) is 9.37 Å². The number of amides is 2. The molecule has 0 atom stereocenters. The molecule has 10 heteroatoms. The van der Waals surface area contributed by atoms with Crippen LogP contribution in [0.2, 0.25) is 0 Å². The van der Waals surface area contributed by atoms with E-state index in [0.717, 1.165) is 24.5 Å². The second-order valence-corrected chi connectivity index (χ2v) is 12.0. The summed E-state index contributed by atoms with van der Waals surface area (Å²) in [7, 11) is 0. The van der Waals surface area contributed by atoms with Crippen molar-refractivity contribution >= 4 is 40.5 Å². The maximum Gasteiger partial charge on any atom is 0.358 e. The highest BCUT2D eigenvalue weighted by Gasteiger charge is 2.37. The lowest BCUT2D eigenvalue weighted by Crippen LogP contribution is -2.34. The van der Waals surface area contributed by atoms with Crippen molar-refractivity contribution in [2.75, 3.05) is 31.2 Å². The first-order valence-electron chi connectivity index (χ1n) is 16.6. The number of Topliss-reactive ketones (excluding diaryl/α,β-unsaturated/α-hetero) is 1. The van der Waals surface area contributed by atoms with Crippen molar-refractivity contribution < 1.29 is 38.4 Å². The molecule has 0 radical (unpaired) electrons. The van der Waals surface area contributed by atoms with E-state index in [-0.39, 0.29) is 36.6 Å². The predicted molar refractivity (Wildman–Crippen MR) is 188 cm³/mol. The number of ketones is 1. The van der Waals surface area contributed by atoms with Crippen LogP contribution < -0.4 is 4.90 Å². The molecular weight excluding hydrogens is 634 g/mol. The van der Waals surface area contributed by atoms with Crippen molar-refractivity contribution in [2.45, 2.75) is 32.9 Å². The van der Waals surface area contributed by atoms with Gasteiger partial charge in [0.25, 0.3) is 11.8 Å². The van der Waals surface area contributed by atoms with E-state index in [1.54, 1.807) is 12.1 Å². The largest absolute Gasteiger partial charge is 0.506 e. The molecule has 3 aromatic carbocycles. The molecule has 10 nitrogen and oxygen atoms in total. The van der Waals surface area contributed by atoms with Crippen LogP contribution in [0.4, 0.5) is 5.69 Å². The molecule has 1 fully saturated rings. The molecule has 50 heavy (non-hydrogen) atoms. The molecule has 0 spiro atoms. The number of carbonyl (C=O) groups excluding carboxylic acids is 4. The maximum absolute atomic E-state index is 13.4. The summed E-state index contributed by atoms with van der Waals surface area (Å²) in [5.74, 6) is -2.13. The van der Waals surface area contributed by atoms with Crippen LogP contribution in [0.5, 0.6) is 0 Å². The van der Waals surface area contributed by atoms with Crippen LogP contribution >= 0.6 is 0 Å². The molecule has 0 bridgehead atoms. The smallest absolute Gasteiger partial charge is 0.358 e. The number of rotatable bonds is 13. The van der Waals surface area contributed by atoms with Gasteiger partial charge in [-0.3, -0.25) is 14.4 Å². The Kier molecular flexibility index (Phi) is 10.6. The second-order valence-electron chi connectivity index (χ2n) is 12.0. The number of allylic oxidation sites excluding steroid dienone is 7. The fourth-order valence-corrected chi connectivity index (χ4v) is 6.05. The van der Waals surface area contributed by atoms with Crippen LogP contribution in [-0.2, 0) is 41.8 Å². The van der Waals surface area contributed by atoms with Gasteiger partial charge in [0.05, 0.1) is 17.8 Å². The number of aliphatic hydroxyl groups is 1. The number of carbonyl (C=O) groups is 4. The molecule has 3 aromatic rings. The molecule has 1 aliphatic heterocycles. The minimum atomic E-state index is -0.820. The fraction of sp³-hybridized carbons (Fsp3) is 0.225. The van der Waals surface area contributed by atoms with Crippen molar-refractivity contribution in [1.29, 1.82) is 0 Å². The first-order chi connectivity index (χ1) is 24.3. The van der Waals surface area contributed by atoms with Crippen molar-refractivity contribution in [3.63, 3.8) is 0 Å². The third-order valence-electron chi connectivity index (χ3n) is 8.71. The summed E-state index contributed by atoms with van der Waals surface area (Å²) >= 11 is 0. The third-order valence-corrected chi connectivity index (χ3v) is 8.71. The third kappa shape index (κ3) is 7.71. The van der Waals surface area contributed by atoms with E-state index >= 15 is 0 Å². The monoisotopic (exact) mass is 672 g/mol. The summed E-state index contributed by atoms with van der Waals surface area (Å²) in [4.78, 5) is 55.4. The Morgan fingerprint density at radius 3 is 1.92 bits per heavy atom. The van der Waals surface area contributed by atoms with Crippen LogP contribution in [0.15, 0.2) is 126 Å². The molecule has 6 rings (SSSR count). The van der Waals surface area contributed by atoms with Gasteiger partial charge in [-0.15, -0.1) is 5.06 Å². The Bertz CT molecular complexity index is 1860. The molecule has 1 saturated heterocycles. The molecule has 254 valence electrons. The Morgan fingerprint density at radius 2 is 1.38 bits per heavy atom. The first kappa shape index (κ1) is 34.0. The van der Waals surface area contributed by atoms with Crippen LogP contribution in [-0.4, -0.2) is 70.3 Å². The highest BCUT2D eigenvalue weighted by atomic mass is 16.7. The van der Waals surface area contributed by atoms with Gasteiger partial charge in [0, 0.05) is 54.9 Å². The molecule has 1 N–H and O–H groups in total. The summed E-state index contributed by atoms with van der Waals surface area (Å²) in [6.07, 6.45) is 7.80. The van der Waals surface area contributed by atoms with E-state index in [1.807, 2.05) is 84.7 Å². The number of hydrogen-bond donors (Lipinski definition) is 1. The van der Waals surface area contributed by atoms with Crippen molar-refractivity contribution in [2.24, 2.45) is 0 Å². The second kappa shape index (κ2) is 15.6. The Hall–Kier alpha value is -5.87. The average Bonchev–Trinajstić information content (AvgIpc) is 3.45. The van der Waals surface area contributed by atoms with E-state index in [1.165, 1.54) is 11.1 Å². The van der Waals surface area contributed by atoms with Gasteiger partial charge < -0.3 is 19.6 Å². The first-order valence-corrected chi connectivity index (χ1v) is 16.6. The number of aliphatic hydroxyl groups excluding tert-OH is 1. The van der Waals surface area contributed by atoms with E-state index < -0.39 is 24.4 Å².